The molecule has 2 nitrogen and oxygen atoms in total. The molecule has 1 rings (SSSR count). The third-order valence-electron chi connectivity index (χ3n) is 1.19. The highest BCUT2D eigenvalue weighted by Gasteiger charge is 2.00. The lowest BCUT2D eigenvalue weighted by atomic mass is 10.2. The highest BCUT2D eigenvalue weighted by Crippen LogP contribution is 1.98. The van der Waals surface area contributed by atoms with E-state index in [4.69, 9.17) is 0 Å². The minimum Gasteiger partial charge on any atom is -0.465 e. The molecule has 0 spiro atoms. The first-order chi connectivity index (χ1) is 5.84. The van der Waals surface area contributed by atoms with E-state index in [1.807, 2.05) is 6.07 Å². The second-order valence-electron chi connectivity index (χ2n) is 1.86. The van der Waals surface area contributed by atoms with Gasteiger partial charge in [-0.1, -0.05) is 18.2 Å². The number of alkyl halides is 1. The van der Waals surface area contributed by atoms with Gasteiger partial charge in [-0.3, -0.25) is 0 Å². The highest BCUT2D eigenvalue weighted by molar-refractivity contribution is 6.15. The van der Waals surface area contributed by atoms with Crippen molar-refractivity contribution in [3.05, 3.63) is 35.9 Å². The molecule has 0 N–H and O–H groups in total. The van der Waals surface area contributed by atoms with Gasteiger partial charge in [-0.15, -0.1) is 11.6 Å². The van der Waals surface area contributed by atoms with Crippen LogP contribution in [0.15, 0.2) is 30.3 Å². The quantitative estimate of drug-likeness (QED) is 0.497. The molecule has 1 aromatic carbocycles. The number of halogens is 1. The highest BCUT2D eigenvalue weighted by atomic mass is 35.5. The van der Waals surface area contributed by atoms with Gasteiger partial charge in [0.15, 0.2) is 0 Å². The van der Waals surface area contributed by atoms with Crippen molar-refractivity contribution in [1.82, 2.24) is 0 Å². The lowest BCUT2D eigenvalue weighted by Crippen LogP contribution is -1.99. The Morgan fingerprint density at radius 3 is 2.17 bits per heavy atom. The van der Waals surface area contributed by atoms with Crippen LogP contribution >= 0.6 is 11.6 Å². The van der Waals surface area contributed by atoms with Crippen LogP contribution in [-0.2, 0) is 4.74 Å². The Balaban J connectivity index is 0.000000561. The smallest absolute Gasteiger partial charge is 0.337 e. The van der Waals surface area contributed by atoms with E-state index < -0.39 is 0 Å². The molecule has 0 bridgehead atoms. The minimum absolute atomic E-state index is 0.291. The summed E-state index contributed by atoms with van der Waals surface area (Å²) in [6.07, 6.45) is 1.47. The number of hydrogen-bond acceptors (Lipinski definition) is 2. The van der Waals surface area contributed by atoms with Crippen LogP contribution in [0.1, 0.15) is 10.4 Å². The molecule has 0 unspecified atom stereocenters. The van der Waals surface area contributed by atoms with E-state index >= 15 is 0 Å². The summed E-state index contributed by atoms with van der Waals surface area (Å²) in [4.78, 5) is 10.8. The van der Waals surface area contributed by atoms with E-state index in [-0.39, 0.29) is 5.97 Å². The predicted octanol–water partition coefficient (Wildman–Crippen LogP) is 2.33. The number of carbonyl (C=O) groups excluding carboxylic acids is 1. The van der Waals surface area contributed by atoms with Crippen LogP contribution in [0, 0.1) is 0 Å². The summed E-state index contributed by atoms with van der Waals surface area (Å²) in [5.41, 5.74) is 0.588. The second-order valence-corrected chi connectivity index (χ2v) is 1.86. The van der Waals surface area contributed by atoms with Crippen LogP contribution < -0.4 is 0 Å². The molecule has 0 aliphatic heterocycles. The fourth-order valence-corrected chi connectivity index (χ4v) is 0.692. The van der Waals surface area contributed by atoms with Gasteiger partial charge in [-0.2, -0.15) is 0 Å². The van der Waals surface area contributed by atoms with Crippen LogP contribution in [-0.4, -0.2) is 19.5 Å². The zero-order valence-corrected chi connectivity index (χ0v) is 7.84. The van der Waals surface area contributed by atoms with Crippen LogP contribution in [0.2, 0.25) is 0 Å². The summed E-state index contributed by atoms with van der Waals surface area (Å²) >= 11 is 4.64. The Kier molecular flexibility index (Phi) is 6.11. The van der Waals surface area contributed by atoms with Crippen molar-refractivity contribution in [1.29, 1.82) is 0 Å². The molecule has 0 atom stereocenters. The Labute approximate surface area is 77.1 Å². The predicted molar refractivity (Wildman–Crippen MR) is 49.6 cm³/mol. The van der Waals surface area contributed by atoms with Crippen molar-refractivity contribution in [2.45, 2.75) is 0 Å². The van der Waals surface area contributed by atoms with Crippen molar-refractivity contribution in [2.75, 3.05) is 13.5 Å². The molecular formula is C9H11ClO2. The summed E-state index contributed by atoms with van der Waals surface area (Å²) < 4.78 is 4.50. The number of benzene rings is 1. The monoisotopic (exact) mass is 186 g/mol. The van der Waals surface area contributed by atoms with Crippen molar-refractivity contribution in [3.63, 3.8) is 0 Å². The Bertz CT molecular complexity index is 221. The van der Waals surface area contributed by atoms with E-state index in [2.05, 4.69) is 16.3 Å². The van der Waals surface area contributed by atoms with Gasteiger partial charge in [0, 0.05) is 6.38 Å². The van der Waals surface area contributed by atoms with Crippen molar-refractivity contribution in [2.24, 2.45) is 0 Å². The van der Waals surface area contributed by atoms with Gasteiger partial charge in [-0.25, -0.2) is 4.79 Å². The molecule has 0 radical (unpaired) electrons. The molecule has 0 fully saturated rings. The standard InChI is InChI=1S/C8H8O2.CH3Cl/c1-10-8(9)7-5-3-2-4-6-7;1-2/h2-6H,1H3;1H3. The van der Waals surface area contributed by atoms with Gasteiger partial charge in [0.1, 0.15) is 0 Å². The molecular weight excluding hydrogens is 176 g/mol. The van der Waals surface area contributed by atoms with E-state index in [9.17, 15) is 4.79 Å². The molecule has 0 saturated carbocycles. The number of ether oxygens (including phenoxy) is 1. The molecule has 0 saturated heterocycles. The normalized spacial score (nSPS) is 7.92. The van der Waals surface area contributed by atoms with Gasteiger partial charge >= 0.3 is 5.97 Å². The Morgan fingerprint density at radius 2 is 1.75 bits per heavy atom. The summed E-state index contributed by atoms with van der Waals surface area (Å²) in [6, 6.07) is 8.88. The van der Waals surface area contributed by atoms with E-state index in [1.54, 1.807) is 24.3 Å². The maximum Gasteiger partial charge on any atom is 0.337 e. The van der Waals surface area contributed by atoms with Gasteiger partial charge in [0.25, 0.3) is 0 Å². The van der Waals surface area contributed by atoms with Crippen molar-refractivity contribution < 1.29 is 9.53 Å². The maximum absolute atomic E-state index is 10.8. The largest absolute Gasteiger partial charge is 0.465 e. The van der Waals surface area contributed by atoms with Crippen LogP contribution in [0.3, 0.4) is 0 Å². The third kappa shape index (κ3) is 3.39. The fourth-order valence-electron chi connectivity index (χ4n) is 0.692. The Hall–Kier alpha value is -1.02. The van der Waals surface area contributed by atoms with Gasteiger partial charge in [-0.05, 0) is 12.1 Å². The zero-order chi connectivity index (χ0) is 9.40. The topological polar surface area (TPSA) is 26.3 Å². The summed E-state index contributed by atoms with van der Waals surface area (Å²) in [7, 11) is 1.37. The second kappa shape index (κ2) is 6.68. The maximum atomic E-state index is 10.8. The number of methoxy groups -OCH3 is 1. The van der Waals surface area contributed by atoms with Gasteiger partial charge < -0.3 is 4.74 Å². The summed E-state index contributed by atoms with van der Waals surface area (Å²) in [6.45, 7) is 0. The first-order valence-corrected chi connectivity index (χ1v) is 4.11. The van der Waals surface area contributed by atoms with Crippen molar-refractivity contribution in [3.8, 4) is 0 Å². The first kappa shape index (κ1) is 11.0. The van der Waals surface area contributed by atoms with Crippen LogP contribution in [0.25, 0.3) is 0 Å². The number of rotatable bonds is 1. The molecule has 0 aliphatic rings. The van der Waals surface area contributed by atoms with Gasteiger partial charge in [0.05, 0.1) is 12.7 Å². The average molecular weight is 187 g/mol. The molecule has 0 aliphatic carbocycles. The average Bonchev–Trinajstić information content (AvgIpc) is 2.21. The van der Waals surface area contributed by atoms with E-state index in [0.29, 0.717) is 5.56 Å². The molecule has 66 valence electrons. The molecule has 0 amide bonds. The van der Waals surface area contributed by atoms with E-state index in [0.717, 1.165) is 0 Å². The number of carbonyl (C=O) groups is 1. The molecule has 1 aromatic rings. The van der Waals surface area contributed by atoms with Crippen LogP contribution in [0.5, 0.6) is 0 Å². The Morgan fingerprint density at radius 1 is 1.25 bits per heavy atom. The van der Waals surface area contributed by atoms with E-state index in [1.165, 1.54) is 13.5 Å². The zero-order valence-electron chi connectivity index (χ0n) is 7.08. The molecule has 12 heavy (non-hydrogen) atoms. The molecule has 0 heterocycles. The number of hydrogen-bond donors (Lipinski definition) is 0. The van der Waals surface area contributed by atoms with Gasteiger partial charge in [0.2, 0.25) is 0 Å². The lowest BCUT2D eigenvalue weighted by Gasteiger charge is -1.95. The summed E-state index contributed by atoms with van der Waals surface area (Å²) in [5.74, 6) is -0.291. The number of esters is 1. The van der Waals surface area contributed by atoms with Crippen molar-refractivity contribution >= 4 is 17.6 Å². The minimum atomic E-state index is -0.291. The third-order valence-corrected chi connectivity index (χ3v) is 1.19. The SMILES string of the molecule is CCl.COC(=O)c1ccccc1. The molecule has 3 heteroatoms. The van der Waals surface area contributed by atoms with Crippen LogP contribution in [0.4, 0.5) is 0 Å². The fraction of sp³-hybridized carbons (Fsp3) is 0.222. The summed E-state index contributed by atoms with van der Waals surface area (Å²) in [5, 5.41) is 0. The molecule has 0 aromatic heterocycles. The first-order valence-electron chi connectivity index (χ1n) is 3.36. The lowest BCUT2D eigenvalue weighted by molar-refractivity contribution is 0.0601.